The number of hydrogen-bond donors (Lipinski definition) is 0. The van der Waals surface area contributed by atoms with Crippen LogP contribution in [0.5, 0.6) is 6.01 Å². The van der Waals surface area contributed by atoms with Gasteiger partial charge in [0, 0.05) is 6.54 Å². The van der Waals surface area contributed by atoms with Crippen molar-refractivity contribution in [2.45, 2.75) is 26.0 Å². The van der Waals surface area contributed by atoms with Crippen LogP contribution in [0.3, 0.4) is 0 Å². The summed E-state index contributed by atoms with van der Waals surface area (Å²) < 4.78 is 10.5. The van der Waals surface area contributed by atoms with E-state index in [-0.39, 0.29) is 23.4 Å². The molecule has 0 spiro atoms. The van der Waals surface area contributed by atoms with Crippen molar-refractivity contribution in [1.29, 1.82) is 0 Å². The highest BCUT2D eigenvalue weighted by Crippen LogP contribution is 2.20. The predicted molar refractivity (Wildman–Crippen MR) is 63.6 cm³/mol. The number of halogens is 1. The largest absolute Gasteiger partial charge is 0.467 e. The van der Waals surface area contributed by atoms with Crippen molar-refractivity contribution in [3.05, 3.63) is 5.28 Å². The Morgan fingerprint density at radius 2 is 2.12 bits per heavy atom. The smallest absolute Gasteiger partial charge is 0.322 e. The third-order valence-electron chi connectivity index (χ3n) is 2.62. The summed E-state index contributed by atoms with van der Waals surface area (Å²) in [4.78, 5) is 14.2. The van der Waals surface area contributed by atoms with E-state index in [1.54, 1.807) is 0 Å². The van der Waals surface area contributed by atoms with Gasteiger partial charge in [-0.25, -0.2) is 0 Å². The topological polar surface area (TPSA) is 60.4 Å². The van der Waals surface area contributed by atoms with Crippen LogP contribution in [-0.2, 0) is 4.74 Å². The van der Waals surface area contributed by atoms with E-state index in [4.69, 9.17) is 21.1 Å². The molecule has 0 aromatic carbocycles. The Bertz CT molecular complexity index is 404. The lowest BCUT2D eigenvalue weighted by Gasteiger charge is -2.36. The maximum absolute atomic E-state index is 5.83. The van der Waals surface area contributed by atoms with Crippen LogP contribution in [0.25, 0.3) is 0 Å². The molecule has 0 bridgehead atoms. The lowest BCUT2D eigenvalue weighted by molar-refractivity contribution is 0.0336. The highest BCUT2D eigenvalue weighted by Gasteiger charge is 2.26. The van der Waals surface area contributed by atoms with Crippen molar-refractivity contribution in [1.82, 2.24) is 15.0 Å². The highest BCUT2D eigenvalue weighted by atomic mass is 35.5. The zero-order valence-corrected chi connectivity index (χ0v) is 10.8. The van der Waals surface area contributed by atoms with Crippen LogP contribution >= 0.6 is 11.6 Å². The summed E-state index contributed by atoms with van der Waals surface area (Å²) in [6, 6.07) is 0.431. The molecule has 2 atom stereocenters. The Morgan fingerprint density at radius 1 is 1.35 bits per heavy atom. The molecule has 2 unspecified atom stereocenters. The highest BCUT2D eigenvalue weighted by molar-refractivity contribution is 6.28. The number of nitrogens with zero attached hydrogens (tertiary/aromatic N) is 4. The first-order chi connectivity index (χ1) is 8.10. The zero-order chi connectivity index (χ0) is 12.4. The van der Waals surface area contributed by atoms with Crippen LogP contribution in [0, 0.1) is 0 Å². The lowest BCUT2D eigenvalue weighted by atomic mass is 10.2. The molecule has 94 valence electrons. The SMILES string of the molecule is COc1nc(Cl)nc(N2CC(C)OCC2C)n1. The van der Waals surface area contributed by atoms with Crippen molar-refractivity contribution in [2.24, 2.45) is 0 Å². The Labute approximate surface area is 105 Å². The van der Waals surface area contributed by atoms with Crippen LogP contribution in [0.4, 0.5) is 5.95 Å². The summed E-state index contributed by atoms with van der Waals surface area (Å²) in [5.41, 5.74) is 0. The van der Waals surface area contributed by atoms with Crippen LogP contribution in [-0.4, -0.2) is 47.4 Å². The second-order valence-electron chi connectivity index (χ2n) is 4.04. The minimum atomic E-state index is 0.137. The summed E-state index contributed by atoms with van der Waals surface area (Å²) in [5.74, 6) is 0.532. The molecule has 1 aliphatic heterocycles. The zero-order valence-electron chi connectivity index (χ0n) is 10.1. The van der Waals surface area contributed by atoms with Crippen LogP contribution in [0.2, 0.25) is 5.28 Å². The number of hydrogen-bond acceptors (Lipinski definition) is 6. The van der Waals surface area contributed by atoms with Gasteiger partial charge in [-0.2, -0.15) is 15.0 Å². The van der Waals surface area contributed by atoms with Gasteiger partial charge in [0.1, 0.15) is 0 Å². The minimum absolute atomic E-state index is 0.137. The molecule has 0 N–H and O–H groups in total. The fraction of sp³-hybridized carbons (Fsp3) is 0.700. The molecular formula is C10H15ClN4O2. The van der Waals surface area contributed by atoms with Gasteiger partial charge in [0.05, 0.1) is 25.9 Å². The molecule has 0 amide bonds. The van der Waals surface area contributed by atoms with Crippen molar-refractivity contribution < 1.29 is 9.47 Å². The minimum Gasteiger partial charge on any atom is -0.467 e. The van der Waals surface area contributed by atoms with E-state index in [0.29, 0.717) is 12.6 Å². The van der Waals surface area contributed by atoms with Gasteiger partial charge in [-0.05, 0) is 25.4 Å². The molecule has 1 fully saturated rings. The molecule has 0 aliphatic carbocycles. The van der Waals surface area contributed by atoms with Crippen LogP contribution in [0.1, 0.15) is 13.8 Å². The van der Waals surface area contributed by atoms with Crippen LogP contribution < -0.4 is 9.64 Å². The number of rotatable bonds is 2. The molecule has 7 heteroatoms. The quantitative estimate of drug-likeness (QED) is 0.793. The van der Waals surface area contributed by atoms with E-state index in [1.807, 2.05) is 11.8 Å². The van der Waals surface area contributed by atoms with Crippen molar-refractivity contribution in [2.75, 3.05) is 25.2 Å². The molecule has 0 radical (unpaired) electrons. The summed E-state index contributed by atoms with van der Waals surface area (Å²) in [7, 11) is 1.50. The predicted octanol–water partition coefficient (Wildman–Crippen LogP) is 1.15. The van der Waals surface area contributed by atoms with Gasteiger partial charge < -0.3 is 14.4 Å². The van der Waals surface area contributed by atoms with Crippen LogP contribution in [0.15, 0.2) is 0 Å². The summed E-state index contributed by atoms with van der Waals surface area (Å²) in [6.45, 7) is 5.44. The van der Waals surface area contributed by atoms with E-state index < -0.39 is 0 Å². The third kappa shape index (κ3) is 2.76. The first-order valence-corrected chi connectivity index (χ1v) is 5.81. The first-order valence-electron chi connectivity index (χ1n) is 5.44. The fourth-order valence-corrected chi connectivity index (χ4v) is 1.87. The summed E-state index contributed by atoms with van der Waals surface area (Å²) >= 11 is 5.83. The Kier molecular flexibility index (Phi) is 3.63. The average Bonchev–Trinajstić information content (AvgIpc) is 2.31. The average molecular weight is 259 g/mol. The van der Waals surface area contributed by atoms with E-state index in [1.165, 1.54) is 7.11 Å². The number of aromatic nitrogens is 3. The number of ether oxygens (including phenoxy) is 2. The standard InChI is InChI=1S/C10H15ClN4O2/c1-6-5-17-7(2)4-15(6)9-12-8(11)13-10(14-9)16-3/h6-7H,4-5H2,1-3H3. The third-order valence-corrected chi connectivity index (χ3v) is 2.79. The molecule has 2 rings (SSSR count). The van der Waals surface area contributed by atoms with Gasteiger partial charge >= 0.3 is 6.01 Å². The van der Waals surface area contributed by atoms with Gasteiger partial charge in [-0.3, -0.25) is 0 Å². The summed E-state index contributed by atoms with van der Waals surface area (Å²) in [6.07, 6.45) is 0.146. The van der Waals surface area contributed by atoms with Gasteiger partial charge in [0.2, 0.25) is 11.2 Å². The van der Waals surface area contributed by atoms with Gasteiger partial charge in [0.15, 0.2) is 0 Å². The Balaban J connectivity index is 2.28. The molecule has 2 heterocycles. The molecule has 0 saturated carbocycles. The van der Waals surface area contributed by atoms with Gasteiger partial charge in [0.25, 0.3) is 0 Å². The van der Waals surface area contributed by atoms with E-state index in [0.717, 1.165) is 6.54 Å². The molecule has 1 aromatic heterocycles. The first kappa shape index (κ1) is 12.3. The van der Waals surface area contributed by atoms with Crippen molar-refractivity contribution in [3.63, 3.8) is 0 Å². The molecule has 6 nitrogen and oxygen atoms in total. The van der Waals surface area contributed by atoms with Crippen molar-refractivity contribution >= 4 is 17.5 Å². The second-order valence-corrected chi connectivity index (χ2v) is 4.37. The van der Waals surface area contributed by atoms with E-state index in [2.05, 4.69) is 21.9 Å². The Morgan fingerprint density at radius 3 is 2.82 bits per heavy atom. The summed E-state index contributed by atoms with van der Waals surface area (Å²) in [5, 5.41) is 0.137. The lowest BCUT2D eigenvalue weighted by Crippen LogP contribution is -2.48. The van der Waals surface area contributed by atoms with E-state index in [9.17, 15) is 0 Å². The molecule has 1 saturated heterocycles. The molecule has 1 aromatic rings. The number of anilines is 1. The second kappa shape index (κ2) is 5.01. The number of morpholine rings is 1. The van der Waals surface area contributed by atoms with E-state index >= 15 is 0 Å². The molecular weight excluding hydrogens is 244 g/mol. The maximum Gasteiger partial charge on any atom is 0.322 e. The monoisotopic (exact) mass is 258 g/mol. The normalized spacial score (nSPS) is 24.8. The molecule has 1 aliphatic rings. The fourth-order valence-electron chi connectivity index (χ4n) is 1.72. The Hall–Kier alpha value is -1.14. The van der Waals surface area contributed by atoms with Crippen molar-refractivity contribution in [3.8, 4) is 6.01 Å². The van der Waals surface area contributed by atoms with Gasteiger partial charge in [-0.1, -0.05) is 0 Å². The maximum atomic E-state index is 5.83. The molecule has 17 heavy (non-hydrogen) atoms. The van der Waals surface area contributed by atoms with Gasteiger partial charge in [-0.15, -0.1) is 0 Å². The number of methoxy groups -OCH3 is 1.